The number of hydrogen-bond acceptors (Lipinski definition) is 4. The summed E-state index contributed by atoms with van der Waals surface area (Å²) in [6.45, 7) is 2.56. The summed E-state index contributed by atoms with van der Waals surface area (Å²) in [4.78, 5) is 21.2. The third kappa shape index (κ3) is 2.44. The van der Waals surface area contributed by atoms with Gasteiger partial charge in [-0.15, -0.1) is 11.3 Å². The normalized spacial score (nSPS) is 10.9. The van der Waals surface area contributed by atoms with Gasteiger partial charge in [0.15, 0.2) is 0 Å². The molecule has 0 aliphatic carbocycles. The second-order valence-electron chi connectivity index (χ2n) is 4.81. The second kappa shape index (κ2) is 5.09. The SMILES string of the molecule is Cc1nc2ccc(CN(C)c3cccs3)cc2c(=O)[nH]1. The first-order chi connectivity index (χ1) is 9.63. The van der Waals surface area contributed by atoms with Crippen LogP contribution in [-0.2, 0) is 6.54 Å². The van der Waals surface area contributed by atoms with E-state index in [2.05, 4.69) is 26.3 Å². The van der Waals surface area contributed by atoms with Crippen molar-refractivity contribution >= 4 is 27.2 Å². The van der Waals surface area contributed by atoms with E-state index in [1.165, 1.54) is 5.00 Å². The number of hydrogen-bond donors (Lipinski definition) is 1. The average molecular weight is 285 g/mol. The number of rotatable bonds is 3. The molecule has 5 heteroatoms. The van der Waals surface area contributed by atoms with Crippen LogP contribution in [0.15, 0.2) is 40.5 Å². The summed E-state index contributed by atoms with van der Waals surface area (Å²) >= 11 is 1.70. The number of anilines is 1. The van der Waals surface area contributed by atoms with Crippen LogP contribution in [0.3, 0.4) is 0 Å². The number of aromatic nitrogens is 2. The van der Waals surface area contributed by atoms with E-state index in [1.54, 1.807) is 18.3 Å². The number of nitrogens with one attached hydrogen (secondary N) is 1. The maximum absolute atomic E-state index is 12.0. The van der Waals surface area contributed by atoms with Gasteiger partial charge in [-0.25, -0.2) is 4.98 Å². The lowest BCUT2D eigenvalue weighted by atomic mass is 10.1. The van der Waals surface area contributed by atoms with Gasteiger partial charge in [-0.2, -0.15) is 0 Å². The van der Waals surface area contributed by atoms with Crippen molar-refractivity contribution in [1.82, 2.24) is 9.97 Å². The van der Waals surface area contributed by atoms with Crippen molar-refractivity contribution in [2.75, 3.05) is 11.9 Å². The van der Waals surface area contributed by atoms with Gasteiger partial charge >= 0.3 is 0 Å². The number of benzene rings is 1. The highest BCUT2D eigenvalue weighted by molar-refractivity contribution is 7.14. The molecule has 102 valence electrons. The molecular weight excluding hydrogens is 270 g/mol. The number of aryl methyl sites for hydroxylation is 1. The summed E-state index contributed by atoms with van der Waals surface area (Å²) in [6, 6.07) is 9.98. The molecule has 0 radical (unpaired) electrons. The van der Waals surface area contributed by atoms with Gasteiger partial charge in [0.2, 0.25) is 0 Å². The van der Waals surface area contributed by atoms with Crippen LogP contribution in [0.25, 0.3) is 10.9 Å². The number of H-pyrrole nitrogens is 1. The molecule has 20 heavy (non-hydrogen) atoms. The minimum absolute atomic E-state index is 0.0758. The molecule has 0 atom stereocenters. The summed E-state index contributed by atoms with van der Waals surface area (Å²) in [5.41, 5.74) is 1.77. The second-order valence-corrected chi connectivity index (χ2v) is 5.74. The first-order valence-electron chi connectivity index (χ1n) is 6.38. The van der Waals surface area contributed by atoms with E-state index >= 15 is 0 Å². The van der Waals surface area contributed by atoms with Crippen molar-refractivity contribution in [3.8, 4) is 0 Å². The molecule has 0 fully saturated rings. The molecule has 0 unspecified atom stereocenters. The minimum Gasteiger partial charge on any atom is -0.362 e. The highest BCUT2D eigenvalue weighted by Gasteiger charge is 2.06. The predicted molar refractivity (Wildman–Crippen MR) is 83.5 cm³/mol. The molecule has 1 N–H and O–H groups in total. The van der Waals surface area contributed by atoms with Crippen LogP contribution in [0.1, 0.15) is 11.4 Å². The maximum atomic E-state index is 12.0. The largest absolute Gasteiger partial charge is 0.362 e. The smallest absolute Gasteiger partial charge is 0.258 e. The van der Waals surface area contributed by atoms with E-state index in [1.807, 2.05) is 31.3 Å². The number of aromatic amines is 1. The first-order valence-corrected chi connectivity index (χ1v) is 7.25. The van der Waals surface area contributed by atoms with Gasteiger partial charge in [0, 0.05) is 13.6 Å². The van der Waals surface area contributed by atoms with E-state index < -0.39 is 0 Å². The molecule has 3 rings (SSSR count). The van der Waals surface area contributed by atoms with Gasteiger partial charge < -0.3 is 9.88 Å². The third-order valence-electron chi connectivity index (χ3n) is 3.19. The zero-order chi connectivity index (χ0) is 14.1. The van der Waals surface area contributed by atoms with Crippen LogP contribution in [0.2, 0.25) is 0 Å². The van der Waals surface area contributed by atoms with Gasteiger partial charge in [-0.05, 0) is 42.1 Å². The average Bonchev–Trinajstić information content (AvgIpc) is 2.93. The van der Waals surface area contributed by atoms with Crippen molar-refractivity contribution in [2.24, 2.45) is 0 Å². The Morgan fingerprint density at radius 3 is 2.95 bits per heavy atom. The van der Waals surface area contributed by atoms with Gasteiger partial charge in [-0.1, -0.05) is 6.07 Å². The Balaban J connectivity index is 1.95. The molecule has 0 bridgehead atoms. The van der Waals surface area contributed by atoms with Crippen molar-refractivity contribution in [1.29, 1.82) is 0 Å². The topological polar surface area (TPSA) is 49.0 Å². The Labute approximate surface area is 120 Å². The standard InChI is InChI=1S/C15H15N3OS/c1-10-16-13-6-5-11(8-12(13)15(19)17-10)9-18(2)14-4-3-7-20-14/h3-8H,9H2,1-2H3,(H,16,17,19). The number of nitrogens with zero attached hydrogens (tertiary/aromatic N) is 2. The lowest BCUT2D eigenvalue weighted by molar-refractivity contribution is 0.935. The lowest BCUT2D eigenvalue weighted by Crippen LogP contribution is -2.16. The van der Waals surface area contributed by atoms with Crippen molar-refractivity contribution in [3.63, 3.8) is 0 Å². The van der Waals surface area contributed by atoms with Gasteiger partial charge in [0.25, 0.3) is 5.56 Å². The highest BCUT2D eigenvalue weighted by Crippen LogP contribution is 2.22. The van der Waals surface area contributed by atoms with Gasteiger partial charge in [-0.3, -0.25) is 4.79 Å². The van der Waals surface area contributed by atoms with Crippen LogP contribution >= 0.6 is 11.3 Å². The maximum Gasteiger partial charge on any atom is 0.258 e. The Kier molecular flexibility index (Phi) is 3.28. The Morgan fingerprint density at radius 1 is 1.35 bits per heavy atom. The van der Waals surface area contributed by atoms with Crippen LogP contribution in [0.5, 0.6) is 0 Å². The van der Waals surface area contributed by atoms with Crippen LogP contribution < -0.4 is 10.5 Å². The first kappa shape index (κ1) is 12.9. The fraction of sp³-hybridized carbons (Fsp3) is 0.200. The molecule has 0 spiro atoms. The number of fused-ring (bicyclic) bond motifs is 1. The lowest BCUT2D eigenvalue weighted by Gasteiger charge is -2.17. The molecule has 4 nitrogen and oxygen atoms in total. The fourth-order valence-electron chi connectivity index (χ4n) is 2.24. The third-order valence-corrected chi connectivity index (χ3v) is 4.17. The van der Waals surface area contributed by atoms with Gasteiger partial charge in [0.1, 0.15) is 5.82 Å². The van der Waals surface area contributed by atoms with Gasteiger partial charge in [0.05, 0.1) is 15.9 Å². The molecule has 3 aromatic rings. The Morgan fingerprint density at radius 2 is 2.20 bits per heavy atom. The van der Waals surface area contributed by atoms with Crippen LogP contribution in [-0.4, -0.2) is 17.0 Å². The summed E-state index contributed by atoms with van der Waals surface area (Å²) in [5, 5.41) is 3.91. The molecule has 0 aliphatic heterocycles. The van der Waals surface area contributed by atoms with Crippen molar-refractivity contribution < 1.29 is 0 Å². The summed E-state index contributed by atoms with van der Waals surface area (Å²) in [6.07, 6.45) is 0. The van der Waals surface area contributed by atoms with E-state index in [9.17, 15) is 4.79 Å². The molecule has 0 aliphatic rings. The van der Waals surface area contributed by atoms with Crippen molar-refractivity contribution in [3.05, 3.63) is 57.5 Å². The van der Waals surface area contributed by atoms with Crippen molar-refractivity contribution in [2.45, 2.75) is 13.5 Å². The minimum atomic E-state index is -0.0758. The molecule has 2 heterocycles. The summed E-state index contributed by atoms with van der Waals surface area (Å²) in [5.74, 6) is 0.644. The molecule has 0 saturated heterocycles. The zero-order valence-electron chi connectivity index (χ0n) is 11.4. The molecule has 2 aromatic heterocycles. The zero-order valence-corrected chi connectivity index (χ0v) is 12.2. The molecular formula is C15H15N3OS. The van der Waals surface area contributed by atoms with Crippen LogP contribution in [0, 0.1) is 6.92 Å². The highest BCUT2D eigenvalue weighted by atomic mass is 32.1. The fourth-order valence-corrected chi connectivity index (χ4v) is 2.94. The predicted octanol–water partition coefficient (Wildman–Crippen LogP) is 2.93. The van der Waals surface area contributed by atoms with E-state index in [4.69, 9.17) is 0 Å². The Bertz CT molecular complexity index is 792. The van der Waals surface area contributed by atoms with E-state index in [0.717, 1.165) is 17.6 Å². The summed E-state index contributed by atoms with van der Waals surface area (Å²) < 4.78 is 0. The van der Waals surface area contributed by atoms with E-state index in [-0.39, 0.29) is 5.56 Å². The quantitative estimate of drug-likeness (QED) is 0.805. The molecule has 0 saturated carbocycles. The number of thiophene rings is 1. The van der Waals surface area contributed by atoms with Crippen LogP contribution in [0.4, 0.5) is 5.00 Å². The monoisotopic (exact) mass is 285 g/mol. The summed E-state index contributed by atoms with van der Waals surface area (Å²) in [7, 11) is 2.05. The molecule has 0 amide bonds. The molecule has 1 aromatic carbocycles. The Hall–Kier alpha value is -2.14. The van der Waals surface area contributed by atoms with E-state index in [0.29, 0.717) is 11.2 Å².